The largest absolute Gasteiger partial charge is 0.479 e. The molecule has 104 valence electrons. The van der Waals surface area contributed by atoms with Crippen LogP contribution in [0.4, 0.5) is 0 Å². The fourth-order valence-corrected chi connectivity index (χ4v) is 1.45. The molecule has 0 aromatic heterocycles. The second-order valence-electron chi connectivity index (χ2n) is 3.94. The smallest absolute Gasteiger partial charge is 0.335 e. The average molecular weight is 270 g/mol. The lowest BCUT2D eigenvalue weighted by atomic mass is 9.96. The molecule has 0 spiro atoms. The highest BCUT2D eigenvalue weighted by molar-refractivity contribution is 5.99. The van der Waals surface area contributed by atoms with Crippen LogP contribution in [0.2, 0.25) is 0 Å². The predicted octanol–water partition coefficient (Wildman–Crippen LogP) is -1.60. The van der Waals surface area contributed by atoms with Crippen molar-refractivity contribution in [3.05, 3.63) is 35.9 Å². The molecule has 4 atom stereocenters. The topological polar surface area (TPSA) is 135 Å². The number of ketones is 1. The van der Waals surface area contributed by atoms with E-state index in [9.17, 15) is 24.9 Å². The molecule has 0 heterocycles. The number of hydrogen-bond acceptors (Lipinski definition) is 6. The number of carboxylic acid groups (broad SMARTS) is 1. The lowest BCUT2D eigenvalue weighted by Gasteiger charge is -2.23. The number of aliphatic hydroxyl groups excluding tert-OH is 4. The van der Waals surface area contributed by atoms with E-state index in [0.717, 1.165) is 0 Å². The predicted molar refractivity (Wildman–Crippen MR) is 62.4 cm³/mol. The highest BCUT2D eigenvalue weighted by Crippen LogP contribution is 2.11. The van der Waals surface area contributed by atoms with Gasteiger partial charge in [-0.2, -0.15) is 0 Å². The number of carbonyl (C=O) groups excluding carboxylic acids is 1. The Hall–Kier alpha value is -1.80. The lowest BCUT2D eigenvalue weighted by Crippen LogP contribution is -2.50. The van der Waals surface area contributed by atoms with Gasteiger partial charge in [0.05, 0.1) is 0 Å². The van der Waals surface area contributed by atoms with E-state index in [1.807, 2.05) is 0 Å². The molecule has 0 aliphatic heterocycles. The molecule has 1 aromatic rings. The number of hydrogen-bond donors (Lipinski definition) is 5. The molecule has 1 rings (SSSR count). The van der Waals surface area contributed by atoms with Crippen LogP contribution in [0, 0.1) is 0 Å². The molecule has 0 fully saturated rings. The summed E-state index contributed by atoms with van der Waals surface area (Å²) in [5, 5.41) is 45.9. The number of carboxylic acids is 1. The summed E-state index contributed by atoms with van der Waals surface area (Å²) in [6.45, 7) is 0. The SMILES string of the molecule is O=C(O)[C@@H](O)[C@@H](O)[C@H](O)[C@@H](O)C(=O)c1ccccc1. The zero-order chi connectivity index (χ0) is 14.6. The summed E-state index contributed by atoms with van der Waals surface area (Å²) < 4.78 is 0. The van der Waals surface area contributed by atoms with E-state index in [1.54, 1.807) is 6.07 Å². The Kier molecular flexibility index (Phi) is 5.13. The summed E-state index contributed by atoms with van der Waals surface area (Å²) in [6, 6.07) is 7.49. The van der Waals surface area contributed by atoms with Crippen molar-refractivity contribution in [2.24, 2.45) is 0 Å². The van der Waals surface area contributed by atoms with Crippen molar-refractivity contribution in [1.29, 1.82) is 0 Å². The van der Waals surface area contributed by atoms with Crippen molar-refractivity contribution in [3.63, 3.8) is 0 Å². The van der Waals surface area contributed by atoms with Gasteiger partial charge in [0.15, 0.2) is 11.9 Å². The van der Waals surface area contributed by atoms with Gasteiger partial charge in [-0.3, -0.25) is 4.79 Å². The van der Waals surface area contributed by atoms with Crippen LogP contribution in [-0.2, 0) is 4.79 Å². The summed E-state index contributed by atoms with van der Waals surface area (Å²) in [5.41, 5.74) is 0.0889. The molecule has 0 bridgehead atoms. The molecule has 1 aromatic carbocycles. The first-order valence-electron chi connectivity index (χ1n) is 5.40. The van der Waals surface area contributed by atoms with Gasteiger partial charge in [0.25, 0.3) is 0 Å². The minimum Gasteiger partial charge on any atom is -0.479 e. The Morgan fingerprint density at radius 1 is 0.842 bits per heavy atom. The molecule has 19 heavy (non-hydrogen) atoms. The van der Waals surface area contributed by atoms with Crippen molar-refractivity contribution in [1.82, 2.24) is 0 Å². The van der Waals surface area contributed by atoms with Gasteiger partial charge in [-0.15, -0.1) is 0 Å². The van der Waals surface area contributed by atoms with Crippen molar-refractivity contribution in [2.75, 3.05) is 0 Å². The Balaban J connectivity index is 2.80. The highest BCUT2D eigenvalue weighted by Gasteiger charge is 2.37. The zero-order valence-corrected chi connectivity index (χ0v) is 9.75. The number of benzene rings is 1. The Morgan fingerprint density at radius 2 is 1.32 bits per heavy atom. The van der Waals surface area contributed by atoms with Crippen LogP contribution in [0.1, 0.15) is 10.4 Å². The fraction of sp³-hybridized carbons (Fsp3) is 0.333. The molecule has 0 radical (unpaired) electrons. The van der Waals surface area contributed by atoms with Crippen LogP contribution >= 0.6 is 0 Å². The summed E-state index contributed by atoms with van der Waals surface area (Å²) in [6.07, 6.45) is -8.63. The third-order valence-electron chi connectivity index (χ3n) is 2.58. The maximum atomic E-state index is 11.7. The number of aliphatic carboxylic acids is 1. The first-order chi connectivity index (χ1) is 8.86. The van der Waals surface area contributed by atoms with Crippen LogP contribution in [0.5, 0.6) is 0 Å². The monoisotopic (exact) mass is 270 g/mol. The third-order valence-corrected chi connectivity index (χ3v) is 2.58. The molecule has 0 unspecified atom stereocenters. The first-order valence-corrected chi connectivity index (χ1v) is 5.40. The maximum Gasteiger partial charge on any atom is 0.335 e. The summed E-state index contributed by atoms with van der Waals surface area (Å²) in [7, 11) is 0. The zero-order valence-electron chi connectivity index (χ0n) is 9.75. The Bertz CT molecular complexity index is 445. The van der Waals surface area contributed by atoms with Gasteiger partial charge in [0.1, 0.15) is 18.3 Å². The van der Waals surface area contributed by atoms with Crippen molar-refractivity contribution in [2.45, 2.75) is 24.4 Å². The summed E-state index contributed by atoms with van der Waals surface area (Å²) in [4.78, 5) is 22.2. The number of rotatable bonds is 6. The minimum absolute atomic E-state index is 0.0889. The van der Waals surface area contributed by atoms with Crippen LogP contribution in [0.25, 0.3) is 0 Å². The van der Waals surface area contributed by atoms with Gasteiger partial charge in [-0.1, -0.05) is 30.3 Å². The van der Waals surface area contributed by atoms with Gasteiger partial charge in [0.2, 0.25) is 0 Å². The second kappa shape index (κ2) is 6.39. The number of Topliss-reactive ketones (excluding diaryl/α,β-unsaturated/α-hetero) is 1. The van der Waals surface area contributed by atoms with Gasteiger partial charge < -0.3 is 25.5 Å². The van der Waals surface area contributed by atoms with Crippen molar-refractivity contribution in [3.8, 4) is 0 Å². The van der Waals surface area contributed by atoms with E-state index < -0.39 is 36.2 Å². The number of carbonyl (C=O) groups is 2. The molecule has 0 saturated heterocycles. The third kappa shape index (κ3) is 3.58. The maximum absolute atomic E-state index is 11.7. The van der Waals surface area contributed by atoms with E-state index in [4.69, 9.17) is 10.2 Å². The normalized spacial score (nSPS) is 17.3. The van der Waals surface area contributed by atoms with Gasteiger partial charge >= 0.3 is 5.97 Å². The van der Waals surface area contributed by atoms with Gasteiger partial charge in [-0.05, 0) is 0 Å². The minimum atomic E-state index is -2.30. The summed E-state index contributed by atoms with van der Waals surface area (Å²) in [5.74, 6) is -2.66. The Labute approximate surface area is 108 Å². The van der Waals surface area contributed by atoms with Crippen LogP contribution in [-0.4, -0.2) is 61.7 Å². The Morgan fingerprint density at radius 3 is 1.79 bits per heavy atom. The molecule has 7 heteroatoms. The molecular weight excluding hydrogens is 256 g/mol. The number of aliphatic hydroxyl groups is 4. The highest BCUT2D eigenvalue weighted by atomic mass is 16.4. The molecule has 0 amide bonds. The lowest BCUT2D eigenvalue weighted by molar-refractivity contribution is -0.161. The molecule has 7 nitrogen and oxygen atoms in total. The van der Waals surface area contributed by atoms with E-state index in [0.29, 0.717) is 0 Å². The fourth-order valence-electron chi connectivity index (χ4n) is 1.45. The van der Waals surface area contributed by atoms with Crippen molar-refractivity contribution < 1.29 is 35.1 Å². The van der Waals surface area contributed by atoms with E-state index in [1.165, 1.54) is 24.3 Å². The molecule has 0 saturated carbocycles. The molecular formula is C12H14O7. The quantitative estimate of drug-likeness (QED) is 0.393. The average Bonchev–Trinajstić information content (AvgIpc) is 2.44. The molecule has 0 aliphatic rings. The van der Waals surface area contributed by atoms with Crippen molar-refractivity contribution >= 4 is 11.8 Å². The second-order valence-corrected chi connectivity index (χ2v) is 3.94. The van der Waals surface area contributed by atoms with E-state index >= 15 is 0 Å². The molecule has 5 N–H and O–H groups in total. The van der Waals surface area contributed by atoms with Gasteiger partial charge in [-0.25, -0.2) is 4.79 Å². The first kappa shape index (κ1) is 15.3. The molecule has 0 aliphatic carbocycles. The van der Waals surface area contributed by atoms with E-state index in [2.05, 4.69) is 0 Å². The standard InChI is InChI=1S/C12H14O7/c13-7(6-4-2-1-3-5-6)8(14)9(15)10(16)11(17)12(18)19/h1-5,8-11,14-17H,(H,18,19)/t8-,9+,10-,11-/m0/s1. The van der Waals surface area contributed by atoms with Crippen LogP contribution < -0.4 is 0 Å². The van der Waals surface area contributed by atoms with Crippen LogP contribution in [0.15, 0.2) is 30.3 Å². The van der Waals surface area contributed by atoms with E-state index in [-0.39, 0.29) is 5.56 Å². The summed E-state index contributed by atoms with van der Waals surface area (Å²) >= 11 is 0. The van der Waals surface area contributed by atoms with Gasteiger partial charge in [0, 0.05) is 5.56 Å². The van der Waals surface area contributed by atoms with Crippen LogP contribution in [0.3, 0.4) is 0 Å².